The summed E-state index contributed by atoms with van der Waals surface area (Å²) in [5.41, 5.74) is 4.70. The quantitative estimate of drug-likeness (QED) is 0.538. The van der Waals surface area contributed by atoms with E-state index in [1.165, 1.54) is 0 Å². The Labute approximate surface area is 176 Å². The minimum Gasteiger partial charge on any atom is -0.494 e. The number of benzene rings is 3. The summed E-state index contributed by atoms with van der Waals surface area (Å²) in [6.07, 6.45) is 5.76. The van der Waals surface area contributed by atoms with Gasteiger partial charge in [-0.2, -0.15) is 0 Å². The summed E-state index contributed by atoms with van der Waals surface area (Å²) in [4.78, 5) is 8.62. The van der Waals surface area contributed by atoms with Crippen molar-refractivity contribution in [2.24, 2.45) is 4.99 Å². The molecule has 1 aliphatic rings. The molecule has 2 N–H and O–H groups in total. The first kappa shape index (κ1) is 18.6. The highest BCUT2D eigenvalue weighted by Gasteiger charge is 2.16. The first-order valence-electron chi connectivity index (χ1n) is 9.69. The molecule has 0 saturated heterocycles. The lowest BCUT2D eigenvalue weighted by Gasteiger charge is -2.06. The van der Waals surface area contributed by atoms with E-state index in [9.17, 15) is 9.32 Å². The van der Waals surface area contributed by atoms with E-state index in [0.717, 1.165) is 48.6 Å². The molecular weight excluding hydrogens is 392 g/mol. The normalized spacial score (nSPS) is 14.2. The molecule has 0 bridgehead atoms. The minimum atomic E-state index is -0.998. The van der Waals surface area contributed by atoms with Crippen molar-refractivity contribution in [2.45, 2.75) is 4.90 Å². The molecule has 1 unspecified atom stereocenters. The molecular formula is C25H20N2O2S. The van der Waals surface area contributed by atoms with Gasteiger partial charge in [-0.15, -0.1) is 0 Å². The Morgan fingerprint density at radius 1 is 0.967 bits per heavy atom. The number of para-hydroxylation sites is 1. The number of hydrogen-bond donors (Lipinski definition) is 2. The van der Waals surface area contributed by atoms with Gasteiger partial charge in [-0.05, 0) is 52.3 Å². The van der Waals surface area contributed by atoms with Crippen LogP contribution in [0.2, 0.25) is 0 Å². The third-order valence-electron chi connectivity index (χ3n) is 5.44. The first-order chi connectivity index (χ1) is 14.6. The van der Waals surface area contributed by atoms with Gasteiger partial charge < -0.3 is 10.1 Å². The van der Waals surface area contributed by atoms with Crippen LogP contribution in [0.1, 0.15) is 5.56 Å². The lowest BCUT2D eigenvalue weighted by Crippen LogP contribution is -2.23. The topological polar surface area (TPSA) is 65.5 Å². The lowest BCUT2D eigenvalue weighted by atomic mass is 9.99. The number of rotatable bonds is 3. The Balaban J connectivity index is 1.62. The largest absolute Gasteiger partial charge is 0.494 e. The summed E-state index contributed by atoms with van der Waals surface area (Å²) in [6.45, 7) is 0.495. The number of aromatic hydroxyl groups is 1. The van der Waals surface area contributed by atoms with Crippen LogP contribution >= 0.6 is 0 Å². The molecule has 3 aromatic carbocycles. The number of aromatic amines is 1. The number of nitrogens with zero attached hydrogens (tertiary/aromatic N) is 1. The molecule has 5 heteroatoms. The summed E-state index contributed by atoms with van der Waals surface area (Å²) in [7, 11) is -0.998. The summed E-state index contributed by atoms with van der Waals surface area (Å²) >= 11 is 0. The first-order valence-corrected chi connectivity index (χ1v) is 11.3. The number of H-pyrrole nitrogens is 1. The number of fused-ring (bicyclic) bond motifs is 2. The van der Waals surface area contributed by atoms with Crippen LogP contribution in [0.15, 0.2) is 82.7 Å². The third kappa shape index (κ3) is 3.27. The fraction of sp³-hybridized carbons (Fsp3) is 0.0800. The molecule has 0 saturated carbocycles. The number of nitrogens with one attached hydrogen (secondary N) is 1. The molecule has 5 rings (SSSR count). The van der Waals surface area contributed by atoms with Gasteiger partial charge in [-0.1, -0.05) is 48.6 Å². The highest BCUT2D eigenvalue weighted by Crippen LogP contribution is 2.36. The zero-order valence-electron chi connectivity index (χ0n) is 16.4. The average molecular weight is 413 g/mol. The highest BCUT2D eigenvalue weighted by molar-refractivity contribution is 7.84. The molecule has 1 aliphatic heterocycles. The molecule has 0 fully saturated rings. The molecule has 2 heterocycles. The van der Waals surface area contributed by atoms with Crippen LogP contribution in [-0.4, -0.2) is 27.1 Å². The van der Waals surface area contributed by atoms with E-state index in [0.29, 0.717) is 6.54 Å². The second-order valence-corrected chi connectivity index (χ2v) is 8.70. The molecule has 4 aromatic rings. The Kier molecular flexibility index (Phi) is 4.60. The van der Waals surface area contributed by atoms with Gasteiger partial charge in [-0.3, -0.25) is 9.20 Å². The molecule has 148 valence electrons. The van der Waals surface area contributed by atoms with Crippen molar-refractivity contribution in [3.8, 4) is 17.0 Å². The molecule has 0 aliphatic carbocycles. The molecule has 1 aromatic heterocycles. The molecule has 0 radical (unpaired) electrons. The highest BCUT2D eigenvalue weighted by atomic mass is 32.2. The number of allylic oxidation sites excluding steroid dienone is 1. The average Bonchev–Trinajstić information content (AvgIpc) is 2.95. The Morgan fingerprint density at radius 3 is 2.53 bits per heavy atom. The zero-order chi connectivity index (χ0) is 20.7. The zero-order valence-corrected chi connectivity index (χ0v) is 17.2. The molecule has 30 heavy (non-hydrogen) atoms. The maximum atomic E-state index is 11.7. The van der Waals surface area contributed by atoms with Crippen molar-refractivity contribution < 1.29 is 9.32 Å². The van der Waals surface area contributed by atoms with Crippen LogP contribution < -0.4 is 10.6 Å². The Morgan fingerprint density at radius 2 is 1.73 bits per heavy atom. The number of hydrogen-bond acceptors (Lipinski definition) is 3. The summed E-state index contributed by atoms with van der Waals surface area (Å²) in [5.74, 6) is 0.152. The van der Waals surface area contributed by atoms with E-state index in [4.69, 9.17) is 4.99 Å². The van der Waals surface area contributed by atoms with Crippen LogP contribution in [-0.2, 0) is 10.8 Å². The predicted octanol–water partition coefficient (Wildman–Crippen LogP) is 3.78. The van der Waals surface area contributed by atoms with Gasteiger partial charge in [0.25, 0.3) is 0 Å². The Bertz CT molecular complexity index is 1450. The third-order valence-corrected chi connectivity index (χ3v) is 6.38. The molecule has 0 amide bonds. The molecule has 1 atom stereocenters. The van der Waals surface area contributed by atoms with E-state index in [2.05, 4.69) is 11.1 Å². The fourth-order valence-electron chi connectivity index (χ4n) is 3.87. The second kappa shape index (κ2) is 7.43. The monoisotopic (exact) mass is 412 g/mol. The standard InChI is InChI=1S/C25H20N2O2S/c1-30(29)20-11-8-16(9-12-20)18-10-13-23-21(14-18)24(25(28)27-23)19-7-6-17-4-2-3-5-22(17)26-15-19/h2-14,27-28H,15H2,1H3. The van der Waals surface area contributed by atoms with Gasteiger partial charge in [0.1, 0.15) is 0 Å². The van der Waals surface area contributed by atoms with Gasteiger partial charge in [0.05, 0.1) is 11.9 Å². The van der Waals surface area contributed by atoms with Crippen LogP contribution in [0.5, 0.6) is 5.88 Å². The van der Waals surface area contributed by atoms with Crippen molar-refractivity contribution in [3.63, 3.8) is 0 Å². The smallest absolute Gasteiger partial charge is 0.197 e. The second-order valence-electron chi connectivity index (χ2n) is 7.32. The Hall–Kier alpha value is -3.44. The van der Waals surface area contributed by atoms with E-state index in [1.807, 2.05) is 72.8 Å². The van der Waals surface area contributed by atoms with Crippen LogP contribution in [0.4, 0.5) is 0 Å². The van der Waals surface area contributed by atoms with Gasteiger partial charge in [0, 0.05) is 38.4 Å². The van der Waals surface area contributed by atoms with Gasteiger partial charge in [-0.25, -0.2) is 0 Å². The van der Waals surface area contributed by atoms with Crippen molar-refractivity contribution in [1.29, 1.82) is 0 Å². The van der Waals surface area contributed by atoms with Crippen molar-refractivity contribution in [1.82, 2.24) is 4.98 Å². The van der Waals surface area contributed by atoms with Gasteiger partial charge >= 0.3 is 0 Å². The summed E-state index contributed by atoms with van der Waals surface area (Å²) in [5, 5.41) is 13.6. The summed E-state index contributed by atoms with van der Waals surface area (Å²) in [6, 6.07) is 21.9. The number of aromatic nitrogens is 1. The van der Waals surface area contributed by atoms with E-state index >= 15 is 0 Å². The van der Waals surface area contributed by atoms with E-state index in [1.54, 1.807) is 6.26 Å². The van der Waals surface area contributed by atoms with Gasteiger partial charge in [0.2, 0.25) is 0 Å². The maximum absolute atomic E-state index is 11.7. The lowest BCUT2D eigenvalue weighted by molar-refractivity contribution is 0.457. The maximum Gasteiger partial charge on any atom is 0.197 e. The van der Waals surface area contributed by atoms with Crippen LogP contribution in [0, 0.1) is 0 Å². The predicted molar refractivity (Wildman–Crippen MR) is 122 cm³/mol. The van der Waals surface area contributed by atoms with E-state index < -0.39 is 10.8 Å². The summed E-state index contributed by atoms with van der Waals surface area (Å²) < 4.78 is 11.7. The SMILES string of the molecule is CS(=O)c1ccc(-c2ccc3[nH]c(O)c(C4=CC=c5ccccc5=NC4)c3c2)cc1. The van der Waals surface area contributed by atoms with Crippen LogP contribution in [0.25, 0.3) is 33.7 Å². The molecule has 0 spiro atoms. The minimum absolute atomic E-state index is 0.152. The van der Waals surface area contributed by atoms with E-state index in [-0.39, 0.29) is 5.88 Å². The van der Waals surface area contributed by atoms with Gasteiger partial charge in [0.15, 0.2) is 5.88 Å². The van der Waals surface area contributed by atoms with Crippen molar-refractivity contribution in [3.05, 3.63) is 88.9 Å². The van der Waals surface area contributed by atoms with Crippen LogP contribution in [0.3, 0.4) is 0 Å². The van der Waals surface area contributed by atoms with Crippen molar-refractivity contribution >= 4 is 33.4 Å². The molecule has 4 nitrogen and oxygen atoms in total. The van der Waals surface area contributed by atoms with Crippen molar-refractivity contribution in [2.75, 3.05) is 12.8 Å². The fourth-order valence-corrected chi connectivity index (χ4v) is 4.39.